The number of ether oxygens (including phenoxy) is 1. The molecule has 0 amide bonds. The van der Waals surface area contributed by atoms with Crippen LogP contribution in [0.2, 0.25) is 0 Å². The maximum absolute atomic E-state index is 15.0. The summed E-state index contributed by atoms with van der Waals surface area (Å²) in [6, 6.07) is 6.74. The van der Waals surface area contributed by atoms with Crippen LogP contribution < -0.4 is 15.6 Å². The molecule has 2 bridgehead atoms. The number of aromatic nitrogens is 3. The lowest BCUT2D eigenvalue weighted by Crippen LogP contribution is -2.65. The molecule has 0 aliphatic carbocycles. The van der Waals surface area contributed by atoms with E-state index in [1.807, 2.05) is 0 Å². The van der Waals surface area contributed by atoms with Crippen LogP contribution in [0.25, 0.3) is 22.4 Å². The summed E-state index contributed by atoms with van der Waals surface area (Å²) in [5.41, 5.74) is -0.828. The average Bonchev–Trinajstić information content (AvgIpc) is 2.78. The standard InChI is InChI=1S/C26H28F2N4O3/c1-25-8-4-9-26(2,31-25)14-16(13-25)35-20-6-5-18(29-30-20)22-19(33)12-17(23(27)24(22)28)15-7-10-32(3)21(34)11-15/h5-7,10-12,16,31,33H,4,8-9,13-14H2,1-3H3/t16?,25-,26+. The van der Waals surface area contributed by atoms with Crippen molar-refractivity contribution in [2.75, 3.05) is 0 Å². The highest BCUT2D eigenvalue weighted by Crippen LogP contribution is 2.41. The number of phenols is 1. The third-order valence-corrected chi connectivity index (χ3v) is 7.20. The second kappa shape index (κ2) is 8.41. The van der Waals surface area contributed by atoms with Crippen LogP contribution in [0.3, 0.4) is 0 Å². The number of rotatable bonds is 4. The van der Waals surface area contributed by atoms with Crippen LogP contribution in [0.15, 0.2) is 41.3 Å². The van der Waals surface area contributed by atoms with Gasteiger partial charge in [0.15, 0.2) is 11.6 Å². The van der Waals surface area contributed by atoms with E-state index in [9.17, 15) is 14.3 Å². The van der Waals surface area contributed by atoms with Gasteiger partial charge in [0, 0.05) is 54.9 Å². The first-order valence-electron chi connectivity index (χ1n) is 11.7. The zero-order valence-electron chi connectivity index (χ0n) is 19.9. The van der Waals surface area contributed by atoms with Crippen LogP contribution in [0.5, 0.6) is 11.6 Å². The van der Waals surface area contributed by atoms with Crippen LogP contribution in [0.1, 0.15) is 46.0 Å². The van der Waals surface area contributed by atoms with Gasteiger partial charge in [-0.25, -0.2) is 8.78 Å². The average molecular weight is 483 g/mol. The molecule has 35 heavy (non-hydrogen) atoms. The summed E-state index contributed by atoms with van der Waals surface area (Å²) in [6.45, 7) is 4.43. The van der Waals surface area contributed by atoms with Crippen LogP contribution >= 0.6 is 0 Å². The Morgan fingerprint density at radius 1 is 1.09 bits per heavy atom. The molecule has 1 unspecified atom stereocenters. The van der Waals surface area contributed by atoms with Crippen LogP contribution in [-0.2, 0) is 7.05 Å². The van der Waals surface area contributed by atoms with E-state index < -0.39 is 22.9 Å². The summed E-state index contributed by atoms with van der Waals surface area (Å²) in [6.07, 6.45) is 6.46. The summed E-state index contributed by atoms with van der Waals surface area (Å²) in [5.74, 6) is -2.66. The predicted molar refractivity (Wildman–Crippen MR) is 127 cm³/mol. The molecular formula is C26H28F2N4O3. The minimum absolute atomic E-state index is 0.0144. The number of aryl methyl sites for hydroxylation is 1. The molecule has 2 fully saturated rings. The molecule has 2 aliphatic heterocycles. The van der Waals surface area contributed by atoms with Gasteiger partial charge in [0.05, 0.1) is 5.56 Å². The van der Waals surface area contributed by atoms with Gasteiger partial charge in [0.25, 0.3) is 5.56 Å². The van der Waals surface area contributed by atoms with Crippen LogP contribution in [0, 0.1) is 11.6 Å². The van der Waals surface area contributed by atoms with Gasteiger partial charge in [-0.1, -0.05) is 0 Å². The molecule has 5 rings (SSSR count). The number of hydrogen-bond donors (Lipinski definition) is 2. The van der Waals surface area contributed by atoms with Crippen molar-refractivity contribution in [2.24, 2.45) is 7.05 Å². The minimum Gasteiger partial charge on any atom is -0.507 e. The van der Waals surface area contributed by atoms with Crippen molar-refractivity contribution in [3.8, 4) is 34.0 Å². The molecule has 2 aliphatic rings. The Bertz CT molecular complexity index is 1330. The van der Waals surface area contributed by atoms with Gasteiger partial charge in [-0.15, -0.1) is 10.2 Å². The van der Waals surface area contributed by atoms with Gasteiger partial charge in [-0.05, 0) is 56.9 Å². The molecular weight excluding hydrogens is 454 g/mol. The zero-order chi connectivity index (χ0) is 25.0. The normalized spacial score (nSPS) is 25.9. The van der Waals surface area contributed by atoms with E-state index in [4.69, 9.17) is 4.74 Å². The molecule has 0 spiro atoms. The summed E-state index contributed by atoms with van der Waals surface area (Å²) in [5, 5.41) is 22.3. The molecule has 2 N–H and O–H groups in total. The first kappa shape index (κ1) is 23.4. The van der Waals surface area contributed by atoms with Crippen molar-refractivity contribution < 1.29 is 18.6 Å². The SMILES string of the molecule is Cn1ccc(-c2cc(O)c(-c3ccc(OC4C[C@]5(C)CCC[C@](C)(C4)N5)nn3)c(F)c2F)cc1=O. The zero-order valence-corrected chi connectivity index (χ0v) is 19.9. The molecule has 184 valence electrons. The Morgan fingerprint density at radius 2 is 1.80 bits per heavy atom. The van der Waals surface area contributed by atoms with E-state index in [0.29, 0.717) is 5.88 Å². The van der Waals surface area contributed by atoms with E-state index in [2.05, 4.69) is 29.4 Å². The van der Waals surface area contributed by atoms with Gasteiger partial charge < -0.3 is 19.7 Å². The van der Waals surface area contributed by atoms with Gasteiger partial charge in [-0.2, -0.15) is 0 Å². The lowest BCUT2D eigenvalue weighted by atomic mass is 9.70. The monoisotopic (exact) mass is 482 g/mol. The fourth-order valence-corrected chi connectivity index (χ4v) is 5.66. The second-order valence-corrected chi connectivity index (χ2v) is 10.3. The Kier molecular flexibility index (Phi) is 5.62. The molecule has 7 nitrogen and oxygen atoms in total. The minimum atomic E-state index is -1.27. The highest BCUT2D eigenvalue weighted by molar-refractivity contribution is 5.75. The number of phenolic OH excluding ortho intramolecular Hbond substituents is 1. The van der Waals surface area contributed by atoms with Gasteiger partial charge in [-0.3, -0.25) is 4.79 Å². The molecule has 0 radical (unpaired) electrons. The van der Waals surface area contributed by atoms with Gasteiger partial charge in [0.2, 0.25) is 5.88 Å². The van der Waals surface area contributed by atoms with Crippen LogP contribution in [0.4, 0.5) is 8.78 Å². The number of nitrogens with zero attached hydrogens (tertiary/aromatic N) is 3. The summed E-state index contributed by atoms with van der Waals surface area (Å²) >= 11 is 0. The summed E-state index contributed by atoms with van der Waals surface area (Å²) in [4.78, 5) is 11.9. The molecule has 3 atom stereocenters. The van der Waals surface area contributed by atoms with E-state index in [1.54, 1.807) is 13.1 Å². The number of nitrogens with one attached hydrogen (secondary N) is 1. The smallest absolute Gasteiger partial charge is 0.250 e. The molecule has 9 heteroatoms. The van der Waals surface area contributed by atoms with Crippen molar-refractivity contribution in [1.82, 2.24) is 20.1 Å². The molecule has 0 saturated carbocycles. The first-order chi connectivity index (χ1) is 16.6. The number of pyridine rings is 1. The summed E-state index contributed by atoms with van der Waals surface area (Å²) in [7, 11) is 1.55. The number of benzene rings is 1. The highest BCUT2D eigenvalue weighted by atomic mass is 19.2. The third kappa shape index (κ3) is 4.40. The number of fused-ring (bicyclic) bond motifs is 2. The highest BCUT2D eigenvalue weighted by Gasteiger charge is 2.46. The Morgan fingerprint density at radius 3 is 2.43 bits per heavy atom. The molecule has 2 saturated heterocycles. The lowest BCUT2D eigenvalue weighted by molar-refractivity contribution is 0.00726. The van der Waals surface area contributed by atoms with Gasteiger partial charge >= 0.3 is 0 Å². The van der Waals surface area contributed by atoms with Crippen molar-refractivity contribution in [3.63, 3.8) is 0 Å². The maximum atomic E-state index is 15.0. The van der Waals surface area contributed by atoms with Crippen LogP contribution in [-0.4, -0.2) is 37.1 Å². The Labute approximate surface area is 201 Å². The molecule has 3 aromatic rings. The van der Waals surface area contributed by atoms with Crippen molar-refractivity contribution in [2.45, 2.75) is 63.1 Å². The fraction of sp³-hybridized carbons (Fsp3) is 0.423. The van der Waals surface area contributed by atoms with E-state index in [0.717, 1.165) is 31.7 Å². The first-order valence-corrected chi connectivity index (χ1v) is 11.7. The van der Waals surface area contributed by atoms with E-state index in [-0.39, 0.29) is 39.6 Å². The van der Waals surface area contributed by atoms with Crippen molar-refractivity contribution in [1.29, 1.82) is 0 Å². The number of hydrogen-bond acceptors (Lipinski definition) is 6. The Balaban J connectivity index is 1.40. The number of halogens is 2. The van der Waals surface area contributed by atoms with E-state index in [1.165, 1.54) is 35.4 Å². The third-order valence-electron chi connectivity index (χ3n) is 7.20. The lowest BCUT2D eigenvalue weighted by Gasteiger charge is -2.53. The summed E-state index contributed by atoms with van der Waals surface area (Å²) < 4.78 is 37.4. The van der Waals surface area contributed by atoms with Crippen molar-refractivity contribution in [3.05, 3.63) is 58.5 Å². The van der Waals surface area contributed by atoms with E-state index >= 15 is 4.39 Å². The number of piperidine rings is 2. The predicted octanol–water partition coefficient (Wildman–Crippen LogP) is 4.33. The Hall–Kier alpha value is -3.33. The van der Waals surface area contributed by atoms with Crippen molar-refractivity contribution >= 4 is 0 Å². The number of aromatic hydroxyl groups is 1. The molecule has 1 aromatic carbocycles. The topological polar surface area (TPSA) is 89.3 Å². The largest absolute Gasteiger partial charge is 0.507 e. The fourth-order valence-electron chi connectivity index (χ4n) is 5.66. The quantitative estimate of drug-likeness (QED) is 0.576. The molecule has 4 heterocycles. The van der Waals surface area contributed by atoms with Gasteiger partial charge in [0.1, 0.15) is 17.5 Å². The molecule has 2 aromatic heterocycles. The second-order valence-electron chi connectivity index (χ2n) is 10.3. The maximum Gasteiger partial charge on any atom is 0.250 e.